The van der Waals surface area contributed by atoms with Gasteiger partial charge in [-0.05, 0) is 30.5 Å². The summed E-state index contributed by atoms with van der Waals surface area (Å²) in [7, 11) is 0. The molecule has 0 heterocycles. The number of nitrogens with one attached hydrogen (secondary N) is 1. The lowest BCUT2D eigenvalue weighted by atomic mass is 10.2. The molecule has 0 saturated heterocycles. The van der Waals surface area contributed by atoms with Crippen molar-refractivity contribution in [2.24, 2.45) is 0 Å². The average molecular weight is 191 g/mol. The Morgan fingerprint density at radius 2 is 1.93 bits per heavy atom. The number of aliphatic hydroxyl groups excluding tert-OH is 1. The normalized spacial score (nSPS) is 9.79. The number of rotatable bonds is 6. The molecule has 0 atom stereocenters. The first-order chi connectivity index (χ1) is 6.86. The summed E-state index contributed by atoms with van der Waals surface area (Å²) in [5.41, 5.74) is 2.25. The van der Waals surface area contributed by atoms with Crippen LogP contribution in [-0.4, -0.2) is 18.3 Å². The molecule has 0 spiro atoms. The first-order valence-electron chi connectivity index (χ1n) is 4.94. The van der Waals surface area contributed by atoms with Crippen molar-refractivity contribution in [1.82, 2.24) is 0 Å². The van der Waals surface area contributed by atoms with E-state index in [1.165, 1.54) is 0 Å². The minimum Gasteiger partial charge on any atom is -0.396 e. The smallest absolute Gasteiger partial charge is 0.0431 e. The molecule has 1 aromatic rings. The molecule has 2 heteroatoms. The van der Waals surface area contributed by atoms with Gasteiger partial charge in [-0.15, -0.1) is 0 Å². The highest BCUT2D eigenvalue weighted by Gasteiger charge is 1.91. The van der Waals surface area contributed by atoms with Gasteiger partial charge in [0.25, 0.3) is 0 Å². The Morgan fingerprint density at radius 1 is 1.21 bits per heavy atom. The van der Waals surface area contributed by atoms with Crippen LogP contribution < -0.4 is 5.32 Å². The summed E-state index contributed by atoms with van der Waals surface area (Å²) in [6.07, 6.45) is 3.69. The zero-order valence-electron chi connectivity index (χ0n) is 8.37. The zero-order valence-corrected chi connectivity index (χ0v) is 8.37. The lowest BCUT2D eigenvalue weighted by molar-refractivity contribution is 0.286. The summed E-state index contributed by atoms with van der Waals surface area (Å²) in [6, 6.07) is 8.13. The Hall–Kier alpha value is -1.28. The minimum atomic E-state index is 0.275. The quantitative estimate of drug-likeness (QED) is 0.677. The number of aliphatic hydroxyl groups is 1. The largest absolute Gasteiger partial charge is 0.396 e. The highest BCUT2D eigenvalue weighted by atomic mass is 16.2. The van der Waals surface area contributed by atoms with Gasteiger partial charge >= 0.3 is 0 Å². The van der Waals surface area contributed by atoms with Gasteiger partial charge in [0.05, 0.1) is 0 Å². The number of hydrogen-bond acceptors (Lipinski definition) is 2. The Kier molecular flexibility index (Phi) is 4.79. The van der Waals surface area contributed by atoms with Gasteiger partial charge in [0.1, 0.15) is 0 Å². The summed E-state index contributed by atoms with van der Waals surface area (Å²) < 4.78 is 0. The molecule has 0 aliphatic carbocycles. The van der Waals surface area contributed by atoms with Gasteiger partial charge < -0.3 is 10.4 Å². The van der Waals surface area contributed by atoms with Crippen LogP contribution in [0.2, 0.25) is 0 Å². The van der Waals surface area contributed by atoms with Crippen molar-refractivity contribution in [2.45, 2.75) is 12.8 Å². The van der Waals surface area contributed by atoms with E-state index in [4.69, 9.17) is 5.11 Å². The van der Waals surface area contributed by atoms with Crippen molar-refractivity contribution < 1.29 is 5.11 Å². The first kappa shape index (κ1) is 10.8. The van der Waals surface area contributed by atoms with Crippen molar-refractivity contribution in [3.63, 3.8) is 0 Å². The molecule has 1 aromatic carbocycles. The molecule has 0 saturated carbocycles. The van der Waals surface area contributed by atoms with E-state index in [9.17, 15) is 0 Å². The Bertz CT molecular complexity index is 266. The van der Waals surface area contributed by atoms with E-state index in [1.54, 1.807) is 0 Å². The Labute approximate surface area is 85.3 Å². The zero-order chi connectivity index (χ0) is 10.2. The van der Waals surface area contributed by atoms with Gasteiger partial charge in [-0.3, -0.25) is 0 Å². The maximum atomic E-state index is 8.59. The van der Waals surface area contributed by atoms with Crippen molar-refractivity contribution >= 4 is 11.8 Å². The van der Waals surface area contributed by atoms with Crippen molar-refractivity contribution in [2.75, 3.05) is 18.5 Å². The van der Waals surface area contributed by atoms with Crippen LogP contribution in [0.25, 0.3) is 6.08 Å². The SMILES string of the molecule is C=Cc1ccc(NCCCCO)cc1. The third-order valence-corrected chi connectivity index (χ3v) is 2.06. The van der Waals surface area contributed by atoms with Crippen LogP contribution in [0.3, 0.4) is 0 Å². The van der Waals surface area contributed by atoms with E-state index in [0.717, 1.165) is 30.6 Å². The molecule has 0 aliphatic heterocycles. The summed E-state index contributed by atoms with van der Waals surface area (Å²) in [5.74, 6) is 0. The molecular weight excluding hydrogens is 174 g/mol. The van der Waals surface area contributed by atoms with Crippen LogP contribution in [0.1, 0.15) is 18.4 Å². The molecule has 0 unspecified atom stereocenters. The van der Waals surface area contributed by atoms with Gasteiger partial charge in [0.15, 0.2) is 0 Å². The van der Waals surface area contributed by atoms with Crippen molar-refractivity contribution in [1.29, 1.82) is 0 Å². The van der Waals surface area contributed by atoms with Crippen molar-refractivity contribution in [3.8, 4) is 0 Å². The fourth-order valence-electron chi connectivity index (χ4n) is 1.21. The van der Waals surface area contributed by atoms with Crippen LogP contribution in [0.5, 0.6) is 0 Å². The fraction of sp³-hybridized carbons (Fsp3) is 0.333. The van der Waals surface area contributed by atoms with Gasteiger partial charge in [0.2, 0.25) is 0 Å². The van der Waals surface area contributed by atoms with Gasteiger partial charge in [-0.2, -0.15) is 0 Å². The highest BCUT2D eigenvalue weighted by Crippen LogP contribution is 2.10. The monoisotopic (exact) mass is 191 g/mol. The van der Waals surface area contributed by atoms with Crippen LogP contribution in [0.4, 0.5) is 5.69 Å². The maximum absolute atomic E-state index is 8.59. The molecule has 0 radical (unpaired) electrons. The van der Waals surface area contributed by atoms with E-state index >= 15 is 0 Å². The van der Waals surface area contributed by atoms with Crippen LogP contribution in [0.15, 0.2) is 30.8 Å². The first-order valence-corrected chi connectivity index (χ1v) is 4.94. The number of benzene rings is 1. The van der Waals surface area contributed by atoms with Gasteiger partial charge in [-0.25, -0.2) is 0 Å². The molecule has 1 rings (SSSR count). The van der Waals surface area contributed by atoms with E-state index in [0.29, 0.717) is 0 Å². The number of anilines is 1. The predicted octanol–water partition coefficient (Wildman–Crippen LogP) is 2.51. The predicted molar refractivity (Wildman–Crippen MR) is 61.3 cm³/mol. The summed E-state index contributed by atoms with van der Waals surface area (Å²) in [5, 5.41) is 11.9. The van der Waals surface area contributed by atoms with E-state index in [1.807, 2.05) is 30.3 Å². The lowest BCUT2D eigenvalue weighted by Gasteiger charge is -2.05. The second-order valence-electron chi connectivity index (χ2n) is 3.18. The summed E-state index contributed by atoms with van der Waals surface area (Å²) in [6.45, 7) is 4.88. The lowest BCUT2D eigenvalue weighted by Crippen LogP contribution is -2.01. The van der Waals surface area contributed by atoms with Crippen LogP contribution in [-0.2, 0) is 0 Å². The van der Waals surface area contributed by atoms with E-state index < -0.39 is 0 Å². The standard InChI is InChI=1S/C12H17NO/c1-2-11-5-7-12(8-6-11)13-9-3-4-10-14/h2,5-8,13-14H,1,3-4,9-10H2. The molecule has 76 valence electrons. The molecule has 2 nitrogen and oxygen atoms in total. The average Bonchev–Trinajstić information content (AvgIpc) is 2.25. The molecule has 0 aliphatic rings. The summed E-state index contributed by atoms with van der Waals surface area (Å²) >= 11 is 0. The second-order valence-corrected chi connectivity index (χ2v) is 3.18. The van der Waals surface area contributed by atoms with Crippen LogP contribution >= 0.6 is 0 Å². The van der Waals surface area contributed by atoms with E-state index in [-0.39, 0.29) is 6.61 Å². The minimum absolute atomic E-state index is 0.275. The second kappa shape index (κ2) is 6.22. The maximum Gasteiger partial charge on any atom is 0.0431 e. The summed E-state index contributed by atoms with van der Waals surface area (Å²) in [4.78, 5) is 0. The molecule has 0 bridgehead atoms. The Balaban J connectivity index is 2.32. The number of hydrogen-bond donors (Lipinski definition) is 2. The highest BCUT2D eigenvalue weighted by molar-refractivity contribution is 5.53. The third-order valence-electron chi connectivity index (χ3n) is 2.06. The topological polar surface area (TPSA) is 32.3 Å². The van der Waals surface area contributed by atoms with Crippen LogP contribution in [0, 0.1) is 0 Å². The fourth-order valence-corrected chi connectivity index (χ4v) is 1.21. The Morgan fingerprint density at radius 3 is 2.50 bits per heavy atom. The van der Waals surface area contributed by atoms with Crippen molar-refractivity contribution in [3.05, 3.63) is 36.4 Å². The third kappa shape index (κ3) is 3.62. The molecule has 2 N–H and O–H groups in total. The molecule has 14 heavy (non-hydrogen) atoms. The van der Waals surface area contributed by atoms with E-state index in [2.05, 4.69) is 11.9 Å². The van der Waals surface area contributed by atoms with Gasteiger partial charge in [-0.1, -0.05) is 24.8 Å². The molecule has 0 fully saturated rings. The molecule has 0 aromatic heterocycles. The molecular formula is C12H17NO. The number of unbranched alkanes of at least 4 members (excludes halogenated alkanes) is 1. The van der Waals surface area contributed by atoms with Gasteiger partial charge in [0, 0.05) is 18.8 Å². The molecule has 0 amide bonds.